The Kier molecular flexibility index (Phi) is 3.12. The van der Waals surface area contributed by atoms with Gasteiger partial charge in [-0.3, -0.25) is 0 Å². The second-order valence-electron chi connectivity index (χ2n) is 5.35. The van der Waals surface area contributed by atoms with Gasteiger partial charge in [-0.15, -0.1) is 0 Å². The Bertz CT molecular complexity index is 762. The average molecular weight is 280 g/mol. The summed E-state index contributed by atoms with van der Waals surface area (Å²) in [6.45, 7) is 1.01. The molecule has 1 atom stereocenters. The molecule has 3 aromatic rings. The Labute approximate surface area is 122 Å². The second kappa shape index (κ2) is 5.26. The largest absolute Gasteiger partial charge is 0.337 e. The van der Waals surface area contributed by atoms with Gasteiger partial charge in [-0.1, -0.05) is 35.8 Å². The van der Waals surface area contributed by atoms with E-state index in [1.807, 2.05) is 36.4 Å². The summed E-state index contributed by atoms with van der Waals surface area (Å²) < 4.78 is 5.41. The normalized spacial score (nSPS) is 19.0. The fourth-order valence-corrected chi connectivity index (χ4v) is 2.73. The molecule has 1 aliphatic rings. The van der Waals surface area contributed by atoms with Crippen molar-refractivity contribution in [1.82, 2.24) is 20.4 Å². The highest BCUT2D eigenvalue weighted by Gasteiger charge is 2.21. The Morgan fingerprint density at radius 3 is 2.90 bits per heavy atom. The van der Waals surface area contributed by atoms with Gasteiger partial charge in [0.25, 0.3) is 0 Å². The van der Waals surface area contributed by atoms with Crippen LogP contribution in [0.25, 0.3) is 22.4 Å². The number of nitrogens with one attached hydrogen (secondary N) is 1. The summed E-state index contributed by atoms with van der Waals surface area (Å²) in [5.41, 5.74) is 1.69. The van der Waals surface area contributed by atoms with Crippen molar-refractivity contribution in [3.8, 4) is 11.5 Å². The maximum absolute atomic E-state index is 5.41. The molecule has 1 aromatic carbocycles. The van der Waals surface area contributed by atoms with E-state index in [0.717, 1.165) is 29.6 Å². The average Bonchev–Trinajstić information content (AvgIpc) is 3.05. The van der Waals surface area contributed by atoms with Crippen LogP contribution in [0.2, 0.25) is 0 Å². The minimum atomic E-state index is 0.181. The molecule has 2 aromatic heterocycles. The number of nitrogens with zero attached hydrogens (tertiary/aromatic N) is 3. The van der Waals surface area contributed by atoms with E-state index in [2.05, 4.69) is 20.4 Å². The standard InChI is InChI=1S/C16H16N4O/c1-2-6-12-11(5-1)8-9-13(18-12)15-19-16(21-20-15)14-7-3-4-10-17-14/h1-2,5-6,8-9,14,17H,3-4,7,10H2. The van der Waals surface area contributed by atoms with Crippen LogP contribution in [0.5, 0.6) is 0 Å². The van der Waals surface area contributed by atoms with Crippen molar-refractivity contribution in [3.63, 3.8) is 0 Å². The highest BCUT2D eigenvalue weighted by Crippen LogP contribution is 2.24. The highest BCUT2D eigenvalue weighted by molar-refractivity contribution is 5.80. The van der Waals surface area contributed by atoms with Crippen molar-refractivity contribution in [2.75, 3.05) is 6.54 Å². The molecule has 0 aliphatic carbocycles. The Hall–Kier alpha value is -2.27. The molecule has 1 N–H and O–H groups in total. The minimum Gasteiger partial charge on any atom is -0.337 e. The van der Waals surface area contributed by atoms with Gasteiger partial charge in [0, 0.05) is 5.39 Å². The number of para-hydroxylation sites is 1. The number of piperidine rings is 1. The quantitative estimate of drug-likeness (QED) is 0.781. The number of rotatable bonds is 2. The van der Waals surface area contributed by atoms with Gasteiger partial charge in [0.05, 0.1) is 11.6 Å². The first-order valence-electron chi connectivity index (χ1n) is 7.33. The van der Waals surface area contributed by atoms with E-state index in [0.29, 0.717) is 11.7 Å². The predicted octanol–water partition coefficient (Wildman–Crippen LogP) is 3.10. The van der Waals surface area contributed by atoms with Gasteiger partial charge in [-0.25, -0.2) is 4.98 Å². The molecular weight excluding hydrogens is 264 g/mol. The summed E-state index contributed by atoms with van der Waals surface area (Å²) >= 11 is 0. The predicted molar refractivity (Wildman–Crippen MR) is 79.6 cm³/mol. The van der Waals surface area contributed by atoms with Gasteiger partial charge in [-0.2, -0.15) is 4.98 Å². The molecule has 0 bridgehead atoms. The first-order chi connectivity index (χ1) is 10.4. The van der Waals surface area contributed by atoms with Crippen LogP contribution < -0.4 is 5.32 Å². The molecule has 5 nitrogen and oxygen atoms in total. The molecule has 21 heavy (non-hydrogen) atoms. The van der Waals surface area contributed by atoms with Gasteiger partial charge in [0.15, 0.2) is 0 Å². The zero-order chi connectivity index (χ0) is 14.1. The molecular formula is C16H16N4O. The SMILES string of the molecule is c1ccc2nc(-c3noc(C4CCCCN4)n3)ccc2c1. The third kappa shape index (κ3) is 2.40. The number of benzene rings is 1. The molecule has 0 amide bonds. The van der Waals surface area contributed by atoms with E-state index in [9.17, 15) is 0 Å². The molecule has 0 spiro atoms. The fourth-order valence-electron chi connectivity index (χ4n) is 2.73. The maximum atomic E-state index is 5.41. The zero-order valence-electron chi connectivity index (χ0n) is 11.6. The van der Waals surface area contributed by atoms with E-state index in [4.69, 9.17) is 4.52 Å². The van der Waals surface area contributed by atoms with Crippen LogP contribution in [0.15, 0.2) is 40.9 Å². The lowest BCUT2D eigenvalue weighted by Gasteiger charge is -2.19. The molecule has 1 aliphatic heterocycles. The van der Waals surface area contributed by atoms with Crippen LogP contribution in [0.3, 0.4) is 0 Å². The van der Waals surface area contributed by atoms with E-state index in [1.165, 1.54) is 12.8 Å². The van der Waals surface area contributed by atoms with Gasteiger partial charge in [-0.05, 0) is 31.5 Å². The van der Waals surface area contributed by atoms with Crippen LogP contribution in [0.4, 0.5) is 0 Å². The van der Waals surface area contributed by atoms with Gasteiger partial charge < -0.3 is 9.84 Å². The Morgan fingerprint density at radius 1 is 1.05 bits per heavy atom. The van der Waals surface area contributed by atoms with Crippen LogP contribution in [-0.2, 0) is 0 Å². The lowest BCUT2D eigenvalue weighted by Crippen LogP contribution is -2.26. The number of fused-ring (bicyclic) bond motifs is 1. The molecule has 106 valence electrons. The van der Waals surface area contributed by atoms with Crippen LogP contribution in [0.1, 0.15) is 31.2 Å². The summed E-state index contributed by atoms with van der Waals surface area (Å²) in [5.74, 6) is 1.22. The molecule has 0 radical (unpaired) electrons. The van der Waals surface area contributed by atoms with E-state index >= 15 is 0 Å². The van der Waals surface area contributed by atoms with Crippen molar-refractivity contribution in [2.24, 2.45) is 0 Å². The van der Waals surface area contributed by atoms with Crippen molar-refractivity contribution in [3.05, 3.63) is 42.3 Å². The summed E-state index contributed by atoms with van der Waals surface area (Å²) in [7, 11) is 0. The van der Waals surface area contributed by atoms with Crippen LogP contribution >= 0.6 is 0 Å². The molecule has 3 heterocycles. The zero-order valence-corrected chi connectivity index (χ0v) is 11.6. The van der Waals surface area contributed by atoms with Crippen molar-refractivity contribution < 1.29 is 4.52 Å². The third-order valence-corrected chi connectivity index (χ3v) is 3.88. The number of hydrogen-bond donors (Lipinski definition) is 1. The van der Waals surface area contributed by atoms with E-state index in [1.54, 1.807) is 0 Å². The summed E-state index contributed by atoms with van der Waals surface area (Å²) in [6, 6.07) is 12.2. The van der Waals surface area contributed by atoms with Gasteiger partial charge in [0.2, 0.25) is 11.7 Å². The monoisotopic (exact) mass is 280 g/mol. The van der Waals surface area contributed by atoms with Crippen LogP contribution in [-0.4, -0.2) is 21.7 Å². The lowest BCUT2D eigenvalue weighted by atomic mass is 10.1. The minimum absolute atomic E-state index is 0.181. The van der Waals surface area contributed by atoms with Crippen molar-refractivity contribution >= 4 is 10.9 Å². The summed E-state index contributed by atoms with van der Waals surface area (Å²) in [6.07, 6.45) is 3.46. The highest BCUT2D eigenvalue weighted by atomic mass is 16.5. The van der Waals surface area contributed by atoms with Crippen molar-refractivity contribution in [2.45, 2.75) is 25.3 Å². The number of pyridine rings is 1. The van der Waals surface area contributed by atoms with Crippen molar-refractivity contribution in [1.29, 1.82) is 0 Å². The lowest BCUT2D eigenvalue weighted by molar-refractivity contribution is 0.297. The first kappa shape index (κ1) is 12.5. The molecule has 1 unspecified atom stereocenters. The topological polar surface area (TPSA) is 63.8 Å². The molecule has 4 rings (SSSR count). The number of hydrogen-bond acceptors (Lipinski definition) is 5. The second-order valence-corrected chi connectivity index (χ2v) is 5.35. The smallest absolute Gasteiger partial charge is 0.244 e. The van der Waals surface area contributed by atoms with E-state index < -0.39 is 0 Å². The molecule has 1 fully saturated rings. The third-order valence-electron chi connectivity index (χ3n) is 3.88. The maximum Gasteiger partial charge on any atom is 0.244 e. The first-order valence-corrected chi connectivity index (χ1v) is 7.33. The summed E-state index contributed by atoms with van der Waals surface area (Å²) in [5, 5.41) is 8.60. The number of aromatic nitrogens is 3. The van der Waals surface area contributed by atoms with E-state index in [-0.39, 0.29) is 6.04 Å². The summed E-state index contributed by atoms with van der Waals surface area (Å²) in [4.78, 5) is 9.11. The Morgan fingerprint density at radius 2 is 2.00 bits per heavy atom. The van der Waals surface area contributed by atoms with Gasteiger partial charge in [0.1, 0.15) is 5.69 Å². The molecule has 0 saturated carbocycles. The molecule has 1 saturated heterocycles. The Balaban J connectivity index is 1.67. The fraction of sp³-hybridized carbons (Fsp3) is 0.312. The molecule has 5 heteroatoms. The van der Waals surface area contributed by atoms with Gasteiger partial charge >= 0.3 is 0 Å². The van der Waals surface area contributed by atoms with Crippen LogP contribution in [0, 0.1) is 0 Å².